The van der Waals surface area contributed by atoms with Crippen molar-refractivity contribution in [3.8, 4) is 0 Å². The average molecular weight is 177 g/mol. The molecule has 0 aromatic rings. The first-order valence-corrected chi connectivity index (χ1v) is 4.66. The summed E-state index contributed by atoms with van der Waals surface area (Å²) in [5.74, 6) is 0. The summed E-state index contributed by atoms with van der Waals surface area (Å²) < 4.78 is 0. The third-order valence-corrected chi connectivity index (χ3v) is 1.48. The van der Waals surface area contributed by atoms with Gasteiger partial charge in [0, 0.05) is 0 Å². The number of aliphatic hydroxyl groups excluding tert-OH is 2. The molecule has 0 rings (SSSR count). The van der Waals surface area contributed by atoms with Crippen LogP contribution in [-0.4, -0.2) is 35.5 Å². The normalized spacial score (nSPS) is 14.5. The molecule has 2 atom stereocenters. The smallest absolute Gasteiger partial charge is 0.0793 e. The van der Waals surface area contributed by atoms with Gasteiger partial charge in [0.05, 0.1) is 12.2 Å². The standard InChI is InChI=1S/C5H12O2.C4H11N/c1-3-5(7)4(2)6;1-3-5-4-2/h4-7H,3H2,1-2H3;5H,3-4H2,1-2H3. The van der Waals surface area contributed by atoms with Crippen LogP contribution in [0, 0.1) is 0 Å². The Balaban J connectivity index is 0. The number of aliphatic hydroxyl groups is 2. The van der Waals surface area contributed by atoms with Crippen molar-refractivity contribution < 1.29 is 10.2 Å². The second-order valence-corrected chi connectivity index (χ2v) is 2.67. The first kappa shape index (κ1) is 14.4. The van der Waals surface area contributed by atoms with Gasteiger partial charge in [0.2, 0.25) is 0 Å². The molecule has 2 unspecified atom stereocenters. The molecule has 0 aliphatic heterocycles. The van der Waals surface area contributed by atoms with Crippen LogP contribution >= 0.6 is 0 Å². The van der Waals surface area contributed by atoms with Crippen molar-refractivity contribution in [2.45, 2.75) is 46.3 Å². The monoisotopic (exact) mass is 177 g/mol. The molecule has 0 aromatic heterocycles. The van der Waals surface area contributed by atoms with E-state index in [1.807, 2.05) is 6.92 Å². The maximum absolute atomic E-state index is 8.69. The number of hydrogen-bond acceptors (Lipinski definition) is 3. The Morgan fingerprint density at radius 1 is 1.08 bits per heavy atom. The maximum atomic E-state index is 8.69. The van der Waals surface area contributed by atoms with Gasteiger partial charge in [0.15, 0.2) is 0 Å². The van der Waals surface area contributed by atoms with Crippen molar-refractivity contribution in [1.29, 1.82) is 0 Å². The fourth-order valence-electron chi connectivity index (χ4n) is 0.591. The first-order valence-electron chi connectivity index (χ1n) is 4.66. The highest BCUT2D eigenvalue weighted by molar-refractivity contribution is 4.56. The topological polar surface area (TPSA) is 52.5 Å². The quantitative estimate of drug-likeness (QED) is 0.594. The second-order valence-electron chi connectivity index (χ2n) is 2.67. The molecule has 12 heavy (non-hydrogen) atoms. The molecule has 0 bridgehead atoms. The number of hydrogen-bond donors (Lipinski definition) is 3. The lowest BCUT2D eigenvalue weighted by Crippen LogP contribution is -2.20. The van der Waals surface area contributed by atoms with Crippen molar-refractivity contribution >= 4 is 0 Å². The van der Waals surface area contributed by atoms with Crippen molar-refractivity contribution in [2.75, 3.05) is 13.1 Å². The van der Waals surface area contributed by atoms with E-state index in [1.165, 1.54) is 0 Å². The van der Waals surface area contributed by atoms with E-state index in [9.17, 15) is 0 Å². The van der Waals surface area contributed by atoms with Crippen molar-refractivity contribution in [3.05, 3.63) is 0 Å². The molecule has 0 heterocycles. The molecule has 76 valence electrons. The molecule has 0 aliphatic carbocycles. The van der Waals surface area contributed by atoms with E-state index in [2.05, 4.69) is 19.2 Å². The molecule has 0 saturated carbocycles. The minimum Gasteiger partial charge on any atom is -0.391 e. The molecule has 0 aliphatic rings. The van der Waals surface area contributed by atoms with E-state index in [0.29, 0.717) is 6.42 Å². The van der Waals surface area contributed by atoms with Gasteiger partial charge in [-0.15, -0.1) is 0 Å². The molecule has 0 fully saturated rings. The van der Waals surface area contributed by atoms with Crippen LogP contribution in [0.25, 0.3) is 0 Å². The first-order chi connectivity index (χ1) is 5.59. The van der Waals surface area contributed by atoms with E-state index in [-0.39, 0.29) is 0 Å². The van der Waals surface area contributed by atoms with Gasteiger partial charge in [-0.2, -0.15) is 0 Å². The highest BCUT2D eigenvalue weighted by Crippen LogP contribution is 1.94. The zero-order valence-corrected chi connectivity index (χ0v) is 8.67. The Kier molecular flexibility index (Phi) is 13.1. The molecule has 0 saturated heterocycles. The van der Waals surface area contributed by atoms with Crippen LogP contribution in [0.2, 0.25) is 0 Å². The van der Waals surface area contributed by atoms with E-state index >= 15 is 0 Å². The maximum Gasteiger partial charge on any atom is 0.0793 e. The SMILES string of the molecule is CCC(O)C(C)O.CCNCC. The van der Waals surface area contributed by atoms with Crippen LogP contribution in [0.4, 0.5) is 0 Å². The van der Waals surface area contributed by atoms with Gasteiger partial charge in [0.25, 0.3) is 0 Å². The van der Waals surface area contributed by atoms with Crippen LogP contribution in [0.1, 0.15) is 34.1 Å². The Hall–Kier alpha value is -0.120. The molecular formula is C9H23NO2. The molecular weight excluding hydrogens is 154 g/mol. The molecule has 0 amide bonds. The summed E-state index contributed by atoms with van der Waals surface area (Å²) in [6.45, 7) is 9.80. The van der Waals surface area contributed by atoms with E-state index in [0.717, 1.165) is 13.1 Å². The fourth-order valence-corrected chi connectivity index (χ4v) is 0.591. The molecule has 3 N–H and O–H groups in total. The zero-order chi connectivity index (χ0) is 9.98. The zero-order valence-electron chi connectivity index (χ0n) is 8.67. The van der Waals surface area contributed by atoms with Crippen LogP contribution in [-0.2, 0) is 0 Å². The van der Waals surface area contributed by atoms with Gasteiger partial charge in [-0.05, 0) is 26.4 Å². The summed E-state index contributed by atoms with van der Waals surface area (Å²) in [6.07, 6.45) is -0.498. The van der Waals surface area contributed by atoms with E-state index in [4.69, 9.17) is 10.2 Å². The summed E-state index contributed by atoms with van der Waals surface area (Å²) in [4.78, 5) is 0. The van der Waals surface area contributed by atoms with Gasteiger partial charge >= 0.3 is 0 Å². The molecule has 0 spiro atoms. The Bertz CT molecular complexity index is 74.9. The van der Waals surface area contributed by atoms with Crippen LogP contribution in [0.3, 0.4) is 0 Å². The van der Waals surface area contributed by atoms with Gasteiger partial charge in [-0.25, -0.2) is 0 Å². The highest BCUT2D eigenvalue weighted by Gasteiger charge is 2.05. The Labute approximate surface area is 75.8 Å². The lowest BCUT2D eigenvalue weighted by atomic mass is 10.2. The fraction of sp³-hybridized carbons (Fsp3) is 1.00. The lowest BCUT2D eigenvalue weighted by molar-refractivity contribution is 0.0294. The molecule has 0 aromatic carbocycles. The molecule has 3 nitrogen and oxygen atoms in total. The molecule has 0 radical (unpaired) electrons. The second kappa shape index (κ2) is 10.9. The van der Waals surface area contributed by atoms with Gasteiger partial charge < -0.3 is 15.5 Å². The summed E-state index contributed by atoms with van der Waals surface area (Å²) in [6, 6.07) is 0. The minimum absolute atomic E-state index is 0.542. The summed E-state index contributed by atoms with van der Waals surface area (Å²) in [7, 11) is 0. The third kappa shape index (κ3) is 12.5. The van der Waals surface area contributed by atoms with Gasteiger partial charge in [0.1, 0.15) is 0 Å². The Morgan fingerprint density at radius 3 is 1.50 bits per heavy atom. The molecule has 3 heteroatoms. The van der Waals surface area contributed by atoms with Crippen molar-refractivity contribution in [2.24, 2.45) is 0 Å². The van der Waals surface area contributed by atoms with E-state index in [1.54, 1.807) is 6.92 Å². The van der Waals surface area contributed by atoms with Crippen molar-refractivity contribution in [3.63, 3.8) is 0 Å². The summed E-state index contributed by atoms with van der Waals surface area (Å²) in [5, 5.41) is 20.4. The van der Waals surface area contributed by atoms with Crippen LogP contribution in [0.5, 0.6) is 0 Å². The van der Waals surface area contributed by atoms with Crippen LogP contribution < -0.4 is 5.32 Å². The van der Waals surface area contributed by atoms with Crippen LogP contribution in [0.15, 0.2) is 0 Å². The summed E-state index contributed by atoms with van der Waals surface area (Å²) in [5.41, 5.74) is 0. The van der Waals surface area contributed by atoms with Gasteiger partial charge in [-0.3, -0.25) is 0 Å². The number of nitrogens with one attached hydrogen (secondary N) is 1. The average Bonchev–Trinajstić information content (AvgIpc) is 2.05. The minimum atomic E-state index is -0.579. The predicted octanol–water partition coefficient (Wildman–Crippen LogP) is 0.754. The Morgan fingerprint density at radius 2 is 1.50 bits per heavy atom. The third-order valence-electron chi connectivity index (χ3n) is 1.48. The lowest BCUT2D eigenvalue weighted by Gasteiger charge is -2.08. The predicted molar refractivity (Wildman–Crippen MR) is 52.2 cm³/mol. The summed E-state index contributed by atoms with van der Waals surface area (Å²) >= 11 is 0. The van der Waals surface area contributed by atoms with Gasteiger partial charge in [-0.1, -0.05) is 20.8 Å². The van der Waals surface area contributed by atoms with Crippen molar-refractivity contribution in [1.82, 2.24) is 5.32 Å². The largest absolute Gasteiger partial charge is 0.391 e. The van der Waals surface area contributed by atoms with E-state index < -0.39 is 12.2 Å². The number of rotatable bonds is 4. The highest BCUT2D eigenvalue weighted by atomic mass is 16.3.